The number of hydrogen-bond donors (Lipinski definition) is 2. The molecule has 7 nitrogen and oxygen atoms in total. The summed E-state index contributed by atoms with van der Waals surface area (Å²) in [5.41, 5.74) is 0. The molecule has 0 amide bonds. The second kappa shape index (κ2) is 5.87. The minimum atomic E-state index is -3.29. The number of sulfonamides is 1. The summed E-state index contributed by atoms with van der Waals surface area (Å²) < 4.78 is 30.1. The molecular weight excluding hydrogens is 268 g/mol. The fourth-order valence-electron chi connectivity index (χ4n) is 2.26. The van der Waals surface area contributed by atoms with Crippen molar-refractivity contribution in [1.29, 1.82) is 0 Å². The van der Waals surface area contributed by atoms with Crippen molar-refractivity contribution in [2.24, 2.45) is 0 Å². The van der Waals surface area contributed by atoms with Crippen LogP contribution >= 0.6 is 0 Å². The van der Waals surface area contributed by atoms with Crippen molar-refractivity contribution in [2.75, 3.05) is 11.6 Å². The minimum absolute atomic E-state index is 0.267. The maximum absolute atomic E-state index is 11.1. The summed E-state index contributed by atoms with van der Waals surface area (Å²) in [5.74, 6) is 0.267. The van der Waals surface area contributed by atoms with Crippen molar-refractivity contribution in [3.8, 4) is 0 Å². The third-order valence-corrected chi connectivity index (χ3v) is 3.92. The van der Waals surface area contributed by atoms with Gasteiger partial charge in [0.1, 0.15) is 0 Å². The average Bonchev–Trinajstić information content (AvgIpc) is 2.77. The van der Waals surface area contributed by atoms with Gasteiger partial charge >= 0.3 is 6.01 Å². The van der Waals surface area contributed by atoms with Gasteiger partial charge in [0.05, 0.1) is 12.3 Å². The SMILES string of the molecule is CC(NS(C)(=O)=O)c1nnc(NC2CCCCC2)o1. The van der Waals surface area contributed by atoms with Crippen molar-refractivity contribution < 1.29 is 12.8 Å². The Morgan fingerprint density at radius 3 is 2.58 bits per heavy atom. The molecule has 1 aromatic rings. The number of rotatable bonds is 5. The van der Waals surface area contributed by atoms with E-state index in [0.717, 1.165) is 19.1 Å². The molecule has 8 heteroatoms. The molecule has 0 saturated heterocycles. The van der Waals surface area contributed by atoms with E-state index in [1.165, 1.54) is 19.3 Å². The molecule has 108 valence electrons. The number of hydrogen-bond acceptors (Lipinski definition) is 6. The smallest absolute Gasteiger partial charge is 0.315 e. The van der Waals surface area contributed by atoms with Gasteiger partial charge < -0.3 is 9.73 Å². The van der Waals surface area contributed by atoms with E-state index in [0.29, 0.717) is 12.1 Å². The van der Waals surface area contributed by atoms with Gasteiger partial charge in [-0.25, -0.2) is 13.1 Å². The van der Waals surface area contributed by atoms with Crippen molar-refractivity contribution in [3.63, 3.8) is 0 Å². The van der Waals surface area contributed by atoms with Crippen LogP contribution in [0.3, 0.4) is 0 Å². The maximum atomic E-state index is 11.1. The predicted octanol–water partition coefficient (Wildman–Crippen LogP) is 1.42. The zero-order chi connectivity index (χ0) is 13.9. The van der Waals surface area contributed by atoms with Gasteiger partial charge in [-0.05, 0) is 19.8 Å². The molecule has 0 aromatic carbocycles. The first-order chi connectivity index (χ1) is 8.94. The highest BCUT2D eigenvalue weighted by atomic mass is 32.2. The van der Waals surface area contributed by atoms with Crippen LogP contribution in [-0.4, -0.2) is 30.9 Å². The predicted molar refractivity (Wildman–Crippen MR) is 71.2 cm³/mol. The molecule has 1 fully saturated rings. The maximum Gasteiger partial charge on any atom is 0.315 e. The van der Waals surface area contributed by atoms with Crippen molar-refractivity contribution in [2.45, 2.75) is 51.1 Å². The summed E-state index contributed by atoms with van der Waals surface area (Å²) in [6.45, 7) is 1.67. The Kier molecular flexibility index (Phi) is 4.41. The molecular formula is C11H20N4O3S. The van der Waals surface area contributed by atoms with Gasteiger partial charge in [0.25, 0.3) is 0 Å². The zero-order valence-electron chi connectivity index (χ0n) is 11.2. The highest BCUT2D eigenvalue weighted by molar-refractivity contribution is 7.88. The van der Waals surface area contributed by atoms with Crippen LogP contribution in [0.2, 0.25) is 0 Å². The highest BCUT2D eigenvalue weighted by Gasteiger charge is 2.19. The fraction of sp³-hybridized carbons (Fsp3) is 0.818. The lowest BCUT2D eigenvalue weighted by atomic mass is 9.96. The van der Waals surface area contributed by atoms with Crippen LogP contribution in [0.4, 0.5) is 6.01 Å². The number of aromatic nitrogens is 2. The number of nitrogens with one attached hydrogen (secondary N) is 2. The highest BCUT2D eigenvalue weighted by Crippen LogP contribution is 2.22. The first-order valence-corrected chi connectivity index (χ1v) is 8.40. The minimum Gasteiger partial charge on any atom is -0.406 e. The fourth-order valence-corrected chi connectivity index (χ4v) is 3.00. The van der Waals surface area contributed by atoms with Crippen molar-refractivity contribution >= 4 is 16.0 Å². The van der Waals surface area contributed by atoms with Gasteiger partial charge in [0, 0.05) is 6.04 Å². The monoisotopic (exact) mass is 288 g/mol. The Labute approximate surface area is 113 Å². The van der Waals surface area contributed by atoms with Crippen LogP contribution in [0.1, 0.15) is 51.0 Å². The first kappa shape index (κ1) is 14.3. The molecule has 1 aliphatic rings. The first-order valence-electron chi connectivity index (χ1n) is 6.51. The number of anilines is 1. The van der Waals surface area contributed by atoms with Crippen molar-refractivity contribution in [3.05, 3.63) is 5.89 Å². The van der Waals surface area contributed by atoms with E-state index in [-0.39, 0.29) is 5.89 Å². The van der Waals surface area contributed by atoms with Gasteiger partial charge in [-0.15, -0.1) is 5.10 Å². The second-order valence-corrected chi connectivity index (χ2v) is 6.82. The summed E-state index contributed by atoms with van der Waals surface area (Å²) in [6.07, 6.45) is 7.02. The molecule has 0 bridgehead atoms. The summed E-state index contributed by atoms with van der Waals surface area (Å²) in [7, 11) is -3.29. The van der Waals surface area contributed by atoms with E-state index < -0.39 is 16.1 Å². The van der Waals surface area contributed by atoms with Gasteiger partial charge in [-0.3, -0.25) is 0 Å². The Hall–Kier alpha value is -1.15. The third kappa shape index (κ3) is 4.46. The quantitative estimate of drug-likeness (QED) is 0.850. The Bertz CT molecular complexity index is 508. The molecule has 0 spiro atoms. The Morgan fingerprint density at radius 2 is 1.95 bits per heavy atom. The van der Waals surface area contributed by atoms with Crippen LogP contribution in [0.25, 0.3) is 0 Å². The third-order valence-electron chi connectivity index (χ3n) is 3.13. The topological polar surface area (TPSA) is 97.1 Å². The van der Waals surface area contributed by atoms with Gasteiger partial charge in [0.15, 0.2) is 0 Å². The molecule has 2 rings (SSSR count). The molecule has 1 heterocycles. The number of nitrogens with zero attached hydrogens (tertiary/aromatic N) is 2. The van der Waals surface area contributed by atoms with E-state index >= 15 is 0 Å². The summed E-state index contributed by atoms with van der Waals surface area (Å²) >= 11 is 0. The van der Waals surface area contributed by atoms with Crippen molar-refractivity contribution in [1.82, 2.24) is 14.9 Å². The van der Waals surface area contributed by atoms with E-state index in [9.17, 15) is 8.42 Å². The Balaban J connectivity index is 1.94. The lowest BCUT2D eigenvalue weighted by Gasteiger charge is -2.21. The van der Waals surface area contributed by atoms with Crippen LogP contribution in [0, 0.1) is 0 Å². The van der Waals surface area contributed by atoms with E-state index in [2.05, 4.69) is 20.2 Å². The van der Waals surface area contributed by atoms with E-state index in [4.69, 9.17) is 4.42 Å². The van der Waals surface area contributed by atoms with E-state index in [1.807, 2.05) is 0 Å². The van der Waals surface area contributed by atoms with Gasteiger partial charge in [-0.2, -0.15) is 0 Å². The van der Waals surface area contributed by atoms with Gasteiger partial charge in [0.2, 0.25) is 15.9 Å². The molecule has 1 aliphatic carbocycles. The van der Waals surface area contributed by atoms with Crippen LogP contribution in [0.5, 0.6) is 0 Å². The lowest BCUT2D eigenvalue weighted by molar-refractivity contribution is 0.426. The van der Waals surface area contributed by atoms with Crippen LogP contribution < -0.4 is 10.0 Å². The van der Waals surface area contributed by atoms with Gasteiger partial charge in [-0.1, -0.05) is 24.4 Å². The molecule has 1 aromatic heterocycles. The summed E-state index contributed by atoms with van der Waals surface area (Å²) in [6, 6.07) is 0.216. The molecule has 1 unspecified atom stereocenters. The second-order valence-electron chi connectivity index (χ2n) is 5.04. The Morgan fingerprint density at radius 1 is 1.26 bits per heavy atom. The molecule has 1 atom stereocenters. The zero-order valence-corrected chi connectivity index (χ0v) is 12.0. The average molecular weight is 288 g/mol. The molecule has 19 heavy (non-hydrogen) atoms. The largest absolute Gasteiger partial charge is 0.406 e. The van der Waals surface area contributed by atoms with E-state index in [1.54, 1.807) is 6.92 Å². The standard InChI is InChI=1S/C11H20N4O3S/c1-8(15-19(2,16)17)10-13-14-11(18-10)12-9-6-4-3-5-7-9/h8-9,15H,3-7H2,1-2H3,(H,12,14). The molecule has 2 N–H and O–H groups in total. The van der Waals surface area contributed by atoms with Crippen LogP contribution in [-0.2, 0) is 10.0 Å². The summed E-state index contributed by atoms with van der Waals surface area (Å²) in [4.78, 5) is 0. The molecule has 0 radical (unpaired) electrons. The molecule has 1 saturated carbocycles. The normalized spacial score (nSPS) is 19.3. The molecule has 0 aliphatic heterocycles. The lowest BCUT2D eigenvalue weighted by Crippen LogP contribution is -2.25. The summed E-state index contributed by atoms with van der Waals surface area (Å²) in [5, 5.41) is 11.0. The van der Waals surface area contributed by atoms with Crippen LogP contribution in [0.15, 0.2) is 4.42 Å².